The fourth-order valence-corrected chi connectivity index (χ4v) is 5.00. The molecule has 1 saturated heterocycles. The van der Waals surface area contributed by atoms with E-state index in [2.05, 4.69) is 59.9 Å². The summed E-state index contributed by atoms with van der Waals surface area (Å²) in [4.78, 5) is 11.4. The number of carboxylic acids is 1. The molecule has 190 valence electrons. The summed E-state index contributed by atoms with van der Waals surface area (Å²) < 4.78 is 12.3. The molecule has 0 aliphatic carbocycles. The number of piperidine rings is 1. The van der Waals surface area contributed by atoms with E-state index in [-0.39, 0.29) is 17.4 Å². The van der Waals surface area contributed by atoms with Crippen molar-refractivity contribution in [3.63, 3.8) is 0 Å². The van der Waals surface area contributed by atoms with Crippen molar-refractivity contribution in [1.29, 1.82) is 0 Å². The van der Waals surface area contributed by atoms with E-state index in [1.165, 1.54) is 40.1 Å². The number of hydrogen-bond acceptors (Lipinski definition) is 5. The first-order valence-corrected chi connectivity index (χ1v) is 12.6. The number of carboxylic acid groups (broad SMARTS) is 1. The van der Waals surface area contributed by atoms with E-state index in [1.54, 1.807) is 0 Å². The summed E-state index contributed by atoms with van der Waals surface area (Å²) in [7, 11) is 0. The number of ether oxygens (including phenoxy) is 2. The Morgan fingerprint density at radius 1 is 0.946 bits per heavy atom. The summed E-state index contributed by atoms with van der Waals surface area (Å²) in [6.07, 6.45) is 1.46. The lowest BCUT2D eigenvalue weighted by atomic mass is 9.87. The Bertz CT molecular complexity index is 1370. The van der Waals surface area contributed by atoms with Gasteiger partial charge in [-0.05, 0) is 76.8 Å². The van der Waals surface area contributed by atoms with Gasteiger partial charge in [0.2, 0.25) is 0 Å². The fraction of sp³-hybridized carbons (Fsp3) is 0.258. The van der Waals surface area contributed by atoms with Crippen LogP contribution in [0.5, 0.6) is 11.5 Å². The maximum absolute atomic E-state index is 11.4. The predicted octanol–water partition coefficient (Wildman–Crippen LogP) is 5.53. The molecule has 0 amide bonds. The van der Waals surface area contributed by atoms with Crippen molar-refractivity contribution in [2.24, 2.45) is 0 Å². The number of nitrogens with one attached hydrogen (secondary N) is 1. The quantitative estimate of drug-likeness (QED) is 0.282. The Balaban J connectivity index is 1.19. The molecule has 0 saturated carbocycles. The van der Waals surface area contributed by atoms with Crippen LogP contribution < -0.4 is 10.1 Å². The van der Waals surface area contributed by atoms with Gasteiger partial charge in [-0.3, -0.25) is 0 Å². The van der Waals surface area contributed by atoms with E-state index in [4.69, 9.17) is 9.47 Å². The molecule has 0 spiro atoms. The number of aromatic hydroxyl groups is 1. The van der Waals surface area contributed by atoms with Crippen molar-refractivity contribution in [2.45, 2.75) is 31.5 Å². The Morgan fingerprint density at radius 3 is 2.57 bits per heavy atom. The number of aromatic carboxylic acids is 1. The topological polar surface area (TPSA) is 88.0 Å². The molecule has 4 aromatic rings. The van der Waals surface area contributed by atoms with E-state index < -0.39 is 5.97 Å². The van der Waals surface area contributed by atoms with E-state index in [1.807, 2.05) is 12.1 Å². The average Bonchev–Trinajstić information content (AvgIpc) is 2.92. The molecule has 2 unspecified atom stereocenters. The molecule has 4 aromatic carbocycles. The predicted molar refractivity (Wildman–Crippen MR) is 143 cm³/mol. The van der Waals surface area contributed by atoms with Gasteiger partial charge < -0.3 is 25.0 Å². The third-order valence-electron chi connectivity index (χ3n) is 6.97. The van der Waals surface area contributed by atoms with Crippen LogP contribution in [0.25, 0.3) is 10.8 Å². The zero-order chi connectivity index (χ0) is 25.6. The lowest BCUT2D eigenvalue weighted by Crippen LogP contribution is -2.40. The number of phenols is 1. The Kier molecular flexibility index (Phi) is 7.68. The highest BCUT2D eigenvalue weighted by Gasteiger charge is 2.27. The number of rotatable bonds is 9. The van der Waals surface area contributed by atoms with E-state index in [0.29, 0.717) is 31.1 Å². The van der Waals surface area contributed by atoms with Gasteiger partial charge in [-0.25, -0.2) is 4.79 Å². The number of carbonyl (C=O) groups is 1. The smallest absolute Gasteiger partial charge is 0.335 e. The molecule has 5 rings (SSSR count). The zero-order valence-corrected chi connectivity index (χ0v) is 20.6. The SMILES string of the molecule is O=C(O)c1ccc(O)cc1CCOc1ccc(C2CCNCC2OCc2ccc3ccccc3c2)cc1. The molecule has 1 fully saturated rings. The maximum Gasteiger partial charge on any atom is 0.335 e. The Morgan fingerprint density at radius 2 is 1.76 bits per heavy atom. The van der Waals surface area contributed by atoms with Crippen LogP contribution in [0.1, 0.15) is 39.4 Å². The summed E-state index contributed by atoms with van der Waals surface area (Å²) in [5.41, 5.74) is 3.12. The van der Waals surface area contributed by atoms with Gasteiger partial charge in [-0.2, -0.15) is 0 Å². The van der Waals surface area contributed by atoms with Gasteiger partial charge >= 0.3 is 5.97 Å². The van der Waals surface area contributed by atoms with Crippen LogP contribution in [0.2, 0.25) is 0 Å². The maximum atomic E-state index is 11.4. The molecule has 1 aliphatic rings. The van der Waals surface area contributed by atoms with Gasteiger partial charge in [-0.1, -0.05) is 48.5 Å². The summed E-state index contributed by atoms with van der Waals surface area (Å²) in [6.45, 7) is 2.65. The van der Waals surface area contributed by atoms with Gasteiger partial charge in [0.05, 0.1) is 24.9 Å². The molecule has 6 nitrogen and oxygen atoms in total. The van der Waals surface area contributed by atoms with Crippen molar-refractivity contribution in [1.82, 2.24) is 5.32 Å². The van der Waals surface area contributed by atoms with Crippen LogP contribution in [0.3, 0.4) is 0 Å². The van der Waals surface area contributed by atoms with Gasteiger partial charge in [0.15, 0.2) is 0 Å². The number of phenolic OH excluding ortho intramolecular Hbond substituents is 1. The van der Waals surface area contributed by atoms with Gasteiger partial charge in [0.1, 0.15) is 11.5 Å². The first-order valence-electron chi connectivity index (χ1n) is 12.6. The lowest BCUT2D eigenvalue weighted by molar-refractivity contribution is 0.0106. The minimum atomic E-state index is -1.02. The van der Waals surface area contributed by atoms with Crippen LogP contribution in [-0.4, -0.2) is 42.0 Å². The Labute approximate surface area is 216 Å². The molecule has 6 heteroatoms. The normalized spacial score (nSPS) is 17.5. The van der Waals surface area contributed by atoms with Crippen molar-refractivity contribution < 1.29 is 24.5 Å². The van der Waals surface area contributed by atoms with E-state index in [0.717, 1.165) is 25.3 Å². The molecule has 2 atom stereocenters. The molecular formula is C31H31NO5. The largest absolute Gasteiger partial charge is 0.508 e. The van der Waals surface area contributed by atoms with Gasteiger partial charge in [0, 0.05) is 18.9 Å². The second-order valence-corrected chi connectivity index (χ2v) is 9.44. The lowest BCUT2D eigenvalue weighted by Gasteiger charge is -2.32. The number of benzene rings is 4. The third kappa shape index (κ3) is 6.10. The first-order chi connectivity index (χ1) is 18.1. The first kappa shape index (κ1) is 24.8. The van der Waals surface area contributed by atoms with Crippen LogP contribution >= 0.6 is 0 Å². The highest BCUT2D eigenvalue weighted by Crippen LogP contribution is 2.30. The van der Waals surface area contributed by atoms with Crippen LogP contribution in [-0.2, 0) is 17.8 Å². The summed E-state index contributed by atoms with van der Waals surface area (Å²) in [5.74, 6) is 0.0481. The second kappa shape index (κ2) is 11.5. The van der Waals surface area contributed by atoms with Crippen molar-refractivity contribution in [3.05, 3.63) is 107 Å². The number of fused-ring (bicyclic) bond motifs is 1. The summed E-state index contributed by atoms with van der Waals surface area (Å²) in [6, 6.07) is 27.2. The van der Waals surface area contributed by atoms with Crippen LogP contribution in [0.4, 0.5) is 0 Å². The standard InChI is InChI=1S/C31H31NO5/c33-26-9-12-29(31(34)35)25(18-26)14-16-36-27-10-7-23(8-11-27)28-13-15-32-19-30(28)37-20-21-5-6-22-3-1-2-4-24(22)17-21/h1-12,17-18,28,30,32-33H,13-16,19-20H2,(H,34,35). The van der Waals surface area contributed by atoms with Crippen LogP contribution in [0.15, 0.2) is 84.9 Å². The molecular weight excluding hydrogens is 466 g/mol. The van der Waals surface area contributed by atoms with Gasteiger partial charge in [0.25, 0.3) is 0 Å². The second-order valence-electron chi connectivity index (χ2n) is 9.44. The van der Waals surface area contributed by atoms with E-state index >= 15 is 0 Å². The minimum absolute atomic E-state index is 0.0451. The molecule has 0 aromatic heterocycles. The highest BCUT2D eigenvalue weighted by atomic mass is 16.5. The molecule has 37 heavy (non-hydrogen) atoms. The van der Waals surface area contributed by atoms with Crippen molar-refractivity contribution in [3.8, 4) is 11.5 Å². The summed E-state index contributed by atoms with van der Waals surface area (Å²) in [5, 5.41) is 25.0. The molecule has 0 radical (unpaired) electrons. The fourth-order valence-electron chi connectivity index (χ4n) is 5.00. The van der Waals surface area contributed by atoms with E-state index in [9.17, 15) is 15.0 Å². The molecule has 3 N–H and O–H groups in total. The Hall–Kier alpha value is -3.87. The van der Waals surface area contributed by atoms with Crippen LogP contribution in [0, 0.1) is 0 Å². The highest BCUT2D eigenvalue weighted by molar-refractivity contribution is 5.89. The summed E-state index contributed by atoms with van der Waals surface area (Å²) >= 11 is 0. The average molecular weight is 498 g/mol. The van der Waals surface area contributed by atoms with Gasteiger partial charge in [-0.15, -0.1) is 0 Å². The third-order valence-corrected chi connectivity index (χ3v) is 6.97. The monoisotopic (exact) mass is 497 g/mol. The minimum Gasteiger partial charge on any atom is -0.508 e. The zero-order valence-electron chi connectivity index (χ0n) is 20.6. The molecule has 1 aliphatic heterocycles. The molecule has 0 bridgehead atoms. The van der Waals surface area contributed by atoms with Crippen molar-refractivity contribution >= 4 is 16.7 Å². The van der Waals surface area contributed by atoms with Crippen molar-refractivity contribution in [2.75, 3.05) is 19.7 Å². The number of hydrogen-bond donors (Lipinski definition) is 3. The molecule has 1 heterocycles.